The number of aromatic nitrogens is 1. The van der Waals surface area contributed by atoms with Crippen molar-refractivity contribution in [2.45, 2.75) is 13.3 Å². The number of hydrogen-bond acceptors (Lipinski definition) is 4. The molecule has 0 aliphatic heterocycles. The van der Waals surface area contributed by atoms with Crippen molar-refractivity contribution < 1.29 is 14.3 Å². The van der Waals surface area contributed by atoms with Crippen LogP contribution in [0.15, 0.2) is 24.5 Å². The van der Waals surface area contributed by atoms with Gasteiger partial charge in [0.25, 0.3) is 0 Å². The van der Waals surface area contributed by atoms with Crippen molar-refractivity contribution in [2.75, 3.05) is 6.61 Å². The summed E-state index contributed by atoms with van der Waals surface area (Å²) in [7, 11) is 0. The van der Waals surface area contributed by atoms with Crippen LogP contribution in [-0.4, -0.2) is 23.3 Å². The maximum Gasteiger partial charge on any atom is 0.374 e. The Morgan fingerprint density at radius 3 is 2.57 bits per heavy atom. The van der Waals surface area contributed by atoms with Crippen LogP contribution in [0.25, 0.3) is 0 Å². The normalized spacial score (nSPS) is 9.50. The third-order valence-electron chi connectivity index (χ3n) is 1.62. The van der Waals surface area contributed by atoms with Crippen LogP contribution in [-0.2, 0) is 20.7 Å². The van der Waals surface area contributed by atoms with E-state index in [-0.39, 0.29) is 13.0 Å². The molecule has 1 rings (SSSR count). The Morgan fingerprint density at radius 2 is 2.00 bits per heavy atom. The molecule has 4 nitrogen and oxygen atoms in total. The van der Waals surface area contributed by atoms with Gasteiger partial charge in [-0.3, -0.25) is 9.78 Å². The standard InChI is InChI=1S/C10H11NO3/c1-2-14-10(13)9(12)7-8-3-5-11-6-4-8/h3-6H,2,7H2,1H3. The summed E-state index contributed by atoms with van der Waals surface area (Å²) in [6, 6.07) is 3.38. The van der Waals surface area contributed by atoms with Gasteiger partial charge in [0.15, 0.2) is 0 Å². The molecule has 0 fully saturated rings. The molecule has 1 heterocycles. The first-order chi connectivity index (χ1) is 6.74. The number of pyridine rings is 1. The van der Waals surface area contributed by atoms with E-state index in [1.165, 1.54) is 0 Å². The minimum absolute atomic E-state index is 0.0708. The molecule has 0 saturated heterocycles. The fraction of sp³-hybridized carbons (Fsp3) is 0.300. The number of hydrogen-bond donors (Lipinski definition) is 0. The van der Waals surface area contributed by atoms with E-state index in [0.717, 1.165) is 5.56 Å². The molecule has 0 amide bonds. The SMILES string of the molecule is CCOC(=O)C(=O)Cc1ccncc1. The fourth-order valence-corrected chi connectivity index (χ4v) is 0.970. The molecule has 0 atom stereocenters. The van der Waals surface area contributed by atoms with Crippen LogP contribution in [0.2, 0.25) is 0 Å². The Morgan fingerprint density at radius 1 is 1.36 bits per heavy atom. The van der Waals surface area contributed by atoms with Gasteiger partial charge in [0.05, 0.1) is 6.61 Å². The van der Waals surface area contributed by atoms with Crippen molar-refractivity contribution in [3.63, 3.8) is 0 Å². The second-order valence-corrected chi connectivity index (χ2v) is 2.68. The monoisotopic (exact) mass is 193 g/mol. The van der Waals surface area contributed by atoms with E-state index in [1.807, 2.05) is 0 Å². The lowest BCUT2D eigenvalue weighted by Gasteiger charge is -2.00. The van der Waals surface area contributed by atoms with Gasteiger partial charge >= 0.3 is 5.97 Å². The van der Waals surface area contributed by atoms with Crippen molar-refractivity contribution in [2.24, 2.45) is 0 Å². The molecular weight excluding hydrogens is 182 g/mol. The number of esters is 1. The number of nitrogens with zero attached hydrogens (tertiary/aromatic N) is 1. The molecule has 0 aliphatic rings. The summed E-state index contributed by atoms with van der Waals surface area (Å²) in [4.78, 5) is 26.0. The van der Waals surface area contributed by atoms with Crippen LogP contribution < -0.4 is 0 Å². The number of Topliss-reactive ketones (excluding diaryl/α,β-unsaturated/α-hetero) is 1. The molecule has 1 aromatic rings. The number of ketones is 1. The second kappa shape index (κ2) is 5.11. The van der Waals surface area contributed by atoms with E-state index >= 15 is 0 Å². The summed E-state index contributed by atoms with van der Waals surface area (Å²) < 4.78 is 4.57. The van der Waals surface area contributed by atoms with E-state index in [2.05, 4.69) is 9.72 Å². The molecular formula is C10H11NO3. The minimum atomic E-state index is -0.774. The zero-order chi connectivity index (χ0) is 10.4. The Labute approximate surface area is 81.9 Å². The topological polar surface area (TPSA) is 56.3 Å². The Balaban J connectivity index is 2.53. The molecule has 14 heavy (non-hydrogen) atoms. The van der Waals surface area contributed by atoms with Crippen molar-refractivity contribution in [3.05, 3.63) is 30.1 Å². The largest absolute Gasteiger partial charge is 0.460 e. The number of ether oxygens (including phenoxy) is 1. The van der Waals surface area contributed by atoms with Crippen molar-refractivity contribution in [1.29, 1.82) is 0 Å². The molecule has 0 aromatic carbocycles. The van der Waals surface area contributed by atoms with Gasteiger partial charge < -0.3 is 4.74 Å². The van der Waals surface area contributed by atoms with Gasteiger partial charge in [0, 0.05) is 18.8 Å². The van der Waals surface area contributed by atoms with Gasteiger partial charge in [-0.1, -0.05) is 0 Å². The lowest BCUT2D eigenvalue weighted by molar-refractivity contribution is -0.153. The Kier molecular flexibility index (Phi) is 3.79. The van der Waals surface area contributed by atoms with E-state index in [1.54, 1.807) is 31.5 Å². The highest BCUT2D eigenvalue weighted by atomic mass is 16.5. The molecule has 1 aromatic heterocycles. The van der Waals surface area contributed by atoms with Crippen LogP contribution in [0.5, 0.6) is 0 Å². The Bertz CT molecular complexity index is 321. The lowest BCUT2D eigenvalue weighted by atomic mass is 10.1. The van der Waals surface area contributed by atoms with Gasteiger partial charge in [0.1, 0.15) is 0 Å². The maximum atomic E-state index is 11.2. The Hall–Kier alpha value is -1.71. The van der Waals surface area contributed by atoms with Crippen LogP contribution in [0.4, 0.5) is 0 Å². The number of carbonyl (C=O) groups is 2. The lowest BCUT2D eigenvalue weighted by Crippen LogP contribution is -2.19. The zero-order valence-corrected chi connectivity index (χ0v) is 7.90. The van der Waals surface area contributed by atoms with Gasteiger partial charge in [-0.15, -0.1) is 0 Å². The molecule has 0 unspecified atom stereocenters. The first-order valence-electron chi connectivity index (χ1n) is 4.33. The van der Waals surface area contributed by atoms with Gasteiger partial charge in [0.2, 0.25) is 5.78 Å². The summed E-state index contributed by atoms with van der Waals surface area (Å²) >= 11 is 0. The summed E-state index contributed by atoms with van der Waals surface area (Å²) in [5, 5.41) is 0. The van der Waals surface area contributed by atoms with Crippen LogP contribution in [0.3, 0.4) is 0 Å². The highest BCUT2D eigenvalue weighted by Crippen LogP contribution is 1.99. The van der Waals surface area contributed by atoms with Gasteiger partial charge in [-0.05, 0) is 24.6 Å². The smallest absolute Gasteiger partial charge is 0.374 e. The molecule has 74 valence electrons. The van der Waals surface area contributed by atoms with Crippen molar-refractivity contribution in [3.8, 4) is 0 Å². The fourth-order valence-electron chi connectivity index (χ4n) is 0.970. The molecule has 0 spiro atoms. The van der Waals surface area contributed by atoms with E-state index < -0.39 is 11.8 Å². The molecule has 0 aliphatic carbocycles. The molecule has 0 N–H and O–H groups in total. The zero-order valence-electron chi connectivity index (χ0n) is 7.90. The van der Waals surface area contributed by atoms with Crippen molar-refractivity contribution >= 4 is 11.8 Å². The van der Waals surface area contributed by atoms with E-state index in [9.17, 15) is 9.59 Å². The number of rotatable bonds is 4. The van der Waals surface area contributed by atoms with E-state index in [0.29, 0.717) is 0 Å². The predicted molar refractivity (Wildman–Crippen MR) is 49.6 cm³/mol. The predicted octanol–water partition coefficient (Wildman–Crippen LogP) is 0.756. The van der Waals surface area contributed by atoms with Crippen LogP contribution in [0.1, 0.15) is 12.5 Å². The summed E-state index contributed by atoms with van der Waals surface area (Å²) in [5.74, 6) is -1.30. The highest BCUT2D eigenvalue weighted by molar-refractivity contribution is 6.34. The second-order valence-electron chi connectivity index (χ2n) is 2.68. The molecule has 0 bridgehead atoms. The maximum absolute atomic E-state index is 11.2. The molecule has 0 radical (unpaired) electrons. The van der Waals surface area contributed by atoms with Crippen LogP contribution >= 0.6 is 0 Å². The van der Waals surface area contributed by atoms with E-state index in [4.69, 9.17) is 0 Å². The molecule has 4 heteroatoms. The first-order valence-corrected chi connectivity index (χ1v) is 4.33. The summed E-state index contributed by atoms with van der Waals surface area (Å²) in [6.07, 6.45) is 3.23. The first kappa shape index (κ1) is 10.4. The van der Waals surface area contributed by atoms with Gasteiger partial charge in [-0.2, -0.15) is 0 Å². The average Bonchev–Trinajstić information content (AvgIpc) is 2.19. The quantitative estimate of drug-likeness (QED) is 0.523. The van der Waals surface area contributed by atoms with Gasteiger partial charge in [-0.25, -0.2) is 4.79 Å². The van der Waals surface area contributed by atoms with Crippen molar-refractivity contribution in [1.82, 2.24) is 4.98 Å². The number of carbonyl (C=O) groups excluding carboxylic acids is 2. The summed E-state index contributed by atoms with van der Waals surface area (Å²) in [6.45, 7) is 1.89. The van der Waals surface area contributed by atoms with Crippen LogP contribution in [0, 0.1) is 0 Å². The third kappa shape index (κ3) is 2.97. The molecule has 0 saturated carbocycles. The highest BCUT2D eigenvalue weighted by Gasteiger charge is 2.14. The third-order valence-corrected chi connectivity index (χ3v) is 1.62. The minimum Gasteiger partial charge on any atom is -0.460 e. The average molecular weight is 193 g/mol. The summed E-state index contributed by atoms with van der Waals surface area (Å²) in [5.41, 5.74) is 0.762.